The Balaban J connectivity index is 1.63. The van der Waals surface area contributed by atoms with Crippen LogP contribution in [0.1, 0.15) is 31.0 Å². The third-order valence-electron chi connectivity index (χ3n) is 6.47. The van der Waals surface area contributed by atoms with E-state index in [9.17, 15) is 9.59 Å². The van der Waals surface area contributed by atoms with Crippen LogP contribution < -0.4 is 29.7 Å². The fourth-order valence-corrected chi connectivity index (χ4v) is 7.83. The molecule has 42 heavy (non-hydrogen) atoms. The van der Waals surface area contributed by atoms with Gasteiger partial charge in [-0.25, -0.2) is 4.99 Å². The van der Waals surface area contributed by atoms with Gasteiger partial charge in [0, 0.05) is 5.69 Å². The number of aromatic nitrogens is 1. The number of hydrogen-bond donors (Lipinski definition) is 1. The number of benzene rings is 3. The van der Waals surface area contributed by atoms with Crippen molar-refractivity contribution in [2.75, 3.05) is 18.5 Å². The maximum absolute atomic E-state index is 14.0. The first-order valence-corrected chi connectivity index (χ1v) is 16.1. The Kier molecular flexibility index (Phi) is 9.63. The Morgan fingerprint density at radius 2 is 1.79 bits per heavy atom. The lowest BCUT2D eigenvalue weighted by Crippen LogP contribution is -2.40. The standard InChI is InChI=1S/C32H27I2N3O4S/c1-4-15-41-29-24(33)16-20(17-25(29)34)18-26-31(39)37-28(21-11-13-23(14-12-21)40-5-2)27(19(3)35-32(37)42-26)30(38)36-22-9-7-6-8-10-22/h4,6-14,16-18,28H,1,5,15H2,2-3H3,(H,36,38)/b26-18-/t28-/m1/s1. The Morgan fingerprint density at radius 1 is 1.10 bits per heavy atom. The highest BCUT2D eigenvalue weighted by Crippen LogP contribution is 2.32. The minimum Gasteiger partial charge on any atom is -0.494 e. The number of amides is 1. The molecule has 0 unspecified atom stereocenters. The van der Waals surface area contributed by atoms with Crippen LogP contribution in [-0.2, 0) is 4.79 Å². The number of para-hydroxylation sites is 1. The van der Waals surface area contributed by atoms with Crippen LogP contribution in [0.3, 0.4) is 0 Å². The summed E-state index contributed by atoms with van der Waals surface area (Å²) in [7, 11) is 0. The maximum Gasteiger partial charge on any atom is 0.271 e. The van der Waals surface area contributed by atoms with Gasteiger partial charge in [0.2, 0.25) is 0 Å². The molecule has 214 valence electrons. The summed E-state index contributed by atoms with van der Waals surface area (Å²) in [4.78, 5) is 33.1. The van der Waals surface area contributed by atoms with E-state index in [0.717, 1.165) is 29.8 Å². The quantitative estimate of drug-likeness (QED) is 0.165. The van der Waals surface area contributed by atoms with Gasteiger partial charge in [0.25, 0.3) is 11.5 Å². The second-order valence-corrected chi connectivity index (χ2v) is 12.7. The Labute approximate surface area is 274 Å². The molecule has 7 nitrogen and oxygen atoms in total. The Morgan fingerprint density at radius 3 is 2.43 bits per heavy atom. The zero-order valence-electron chi connectivity index (χ0n) is 22.9. The molecule has 0 saturated heterocycles. The molecule has 0 saturated carbocycles. The van der Waals surface area contributed by atoms with Crippen LogP contribution in [0.15, 0.2) is 100 Å². The van der Waals surface area contributed by atoms with Crippen molar-refractivity contribution >= 4 is 74.2 Å². The molecule has 4 aromatic rings. The second-order valence-electron chi connectivity index (χ2n) is 9.32. The number of halogens is 2. The monoisotopic (exact) mass is 803 g/mol. The van der Waals surface area contributed by atoms with Crippen molar-refractivity contribution in [3.05, 3.63) is 129 Å². The predicted octanol–water partition coefficient (Wildman–Crippen LogP) is 6.05. The van der Waals surface area contributed by atoms with Crippen molar-refractivity contribution in [1.29, 1.82) is 0 Å². The van der Waals surface area contributed by atoms with Gasteiger partial charge in [0.15, 0.2) is 4.80 Å². The van der Waals surface area contributed by atoms with E-state index in [-0.39, 0.29) is 11.5 Å². The Bertz CT molecular complexity index is 1840. The number of hydrogen-bond acceptors (Lipinski definition) is 6. The van der Waals surface area contributed by atoms with E-state index < -0.39 is 6.04 Å². The third-order valence-corrected chi connectivity index (χ3v) is 9.05. The van der Waals surface area contributed by atoms with E-state index in [1.807, 2.05) is 86.7 Å². The molecule has 10 heteroatoms. The summed E-state index contributed by atoms with van der Waals surface area (Å²) < 4.78 is 15.5. The normalized spacial score (nSPS) is 14.7. The molecule has 0 radical (unpaired) electrons. The molecule has 1 aliphatic rings. The van der Waals surface area contributed by atoms with Crippen molar-refractivity contribution in [2.45, 2.75) is 19.9 Å². The molecule has 0 bridgehead atoms. The molecule has 0 fully saturated rings. The zero-order valence-corrected chi connectivity index (χ0v) is 28.0. The fraction of sp³-hybridized carbons (Fsp3) is 0.156. The molecule has 1 atom stereocenters. The van der Waals surface area contributed by atoms with Gasteiger partial charge in [-0.3, -0.25) is 14.2 Å². The molecule has 1 aliphatic heterocycles. The van der Waals surface area contributed by atoms with Crippen LogP contribution in [0.25, 0.3) is 6.08 Å². The van der Waals surface area contributed by atoms with E-state index in [1.54, 1.807) is 10.6 Å². The summed E-state index contributed by atoms with van der Waals surface area (Å²) >= 11 is 5.78. The SMILES string of the molecule is C=CCOc1c(I)cc(/C=c2\sc3n(c2=O)[C@H](c2ccc(OCC)cc2)C(C(=O)Nc2ccccc2)=C(C)N=3)cc1I. The lowest BCUT2D eigenvalue weighted by Gasteiger charge is -2.25. The van der Waals surface area contributed by atoms with Gasteiger partial charge in [-0.15, -0.1) is 0 Å². The number of anilines is 1. The lowest BCUT2D eigenvalue weighted by atomic mass is 9.95. The number of nitrogens with zero attached hydrogens (tertiary/aromatic N) is 2. The predicted molar refractivity (Wildman–Crippen MR) is 184 cm³/mol. The molecule has 5 rings (SSSR count). The van der Waals surface area contributed by atoms with Crippen LogP contribution in [0.2, 0.25) is 0 Å². The van der Waals surface area contributed by atoms with Crippen molar-refractivity contribution in [3.63, 3.8) is 0 Å². The molecule has 1 aromatic heterocycles. The minimum absolute atomic E-state index is 0.216. The number of rotatable bonds is 9. The molecular formula is C32H27I2N3O4S. The van der Waals surface area contributed by atoms with Crippen LogP contribution >= 0.6 is 56.5 Å². The van der Waals surface area contributed by atoms with E-state index >= 15 is 0 Å². The number of fused-ring (bicyclic) bond motifs is 1. The van der Waals surface area contributed by atoms with Gasteiger partial charge in [0.05, 0.1) is 35.6 Å². The summed E-state index contributed by atoms with van der Waals surface area (Å²) in [6, 6.07) is 20.1. The number of carbonyl (C=O) groups is 1. The van der Waals surface area contributed by atoms with Crippen LogP contribution in [0.5, 0.6) is 11.5 Å². The number of nitrogens with one attached hydrogen (secondary N) is 1. The largest absolute Gasteiger partial charge is 0.494 e. The van der Waals surface area contributed by atoms with Gasteiger partial charge in [0.1, 0.15) is 18.1 Å². The Hall–Kier alpha value is -3.23. The third kappa shape index (κ3) is 6.40. The summed E-state index contributed by atoms with van der Waals surface area (Å²) in [5.74, 6) is 1.19. The summed E-state index contributed by atoms with van der Waals surface area (Å²) in [5.41, 5.74) is 3.07. The highest BCUT2D eigenvalue weighted by Gasteiger charge is 2.32. The number of carbonyl (C=O) groups excluding carboxylic acids is 1. The topological polar surface area (TPSA) is 81.9 Å². The van der Waals surface area contributed by atoms with E-state index in [0.29, 0.717) is 39.5 Å². The van der Waals surface area contributed by atoms with Crippen molar-refractivity contribution < 1.29 is 14.3 Å². The zero-order chi connectivity index (χ0) is 29.8. The van der Waals surface area contributed by atoms with Gasteiger partial charge in [-0.1, -0.05) is 54.3 Å². The van der Waals surface area contributed by atoms with Gasteiger partial charge < -0.3 is 14.8 Å². The minimum atomic E-state index is -0.669. The first-order valence-electron chi connectivity index (χ1n) is 13.1. The van der Waals surface area contributed by atoms with Crippen molar-refractivity contribution in [1.82, 2.24) is 4.57 Å². The maximum atomic E-state index is 14.0. The molecule has 1 N–H and O–H groups in total. The van der Waals surface area contributed by atoms with Crippen LogP contribution in [-0.4, -0.2) is 23.7 Å². The molecular weight excluding hydrogens is 776 g/mol. The highest BCUT2D eigenvalue weighted by atomic mass is 127. The van der Waals surface area contributed by atoms with E-state index in [4.69, 9.17) is 14.5 Å². The average molecular weight is 803 g/mol. The first kappa shape index (κ1) is 30.2. The summed E-state index contributed by atoms with van der Waals surface area (Å²) in [5, 5.41) is 2.98. The van der Waals surface area contributed by atoms with Crippen molar-refractivity contribution in [3.8, 4) is 11.5 Å². The van der Waals surface area contributed by atoms with Crippen LogP contribution in [0, 0.1) is 7.14 Å². The first-order chi connectivity index (χ1) is 20.3. The van der Waals surface area contributed by atoms with Crippen LogP contribution in [0.4, 0.5) is 5.69 Å². The summed E-state index contributed by atoms with van der Waals surface area (Å²) in [6.07, 6.45) is 3.57. The van der Waals surface area contributed by atoms with E-state index in [2.05, 4.69) is 57.1 Å². The fourth-order valence-electron chi connectivity index (χ4n) is 4.65. The molecule has 0 spiro atoms. The number of ether oxygens (including phenoxy) is 2. The molecule has 2 heterocycles. The highest BCUT2D eigenvalue weighted by molar-refractivity contribution is 14.1. The second kappa shape index (κ2) is 13.4. The molecule has 0 aliphatic carbocycles. The lowest BCUT2D eigenvalue weighted by molar-refractivity contribution is -0.113. The smallest absolute Gasteiger partial charge is 0.271 e. The van der Waals surface area contributed by atoms with Gasteiger partial charge in [-0.2, -0.15) is 0 Å². The molecule has 3 aromatic carbocycles. The average Bonchev–Trinajstić information content (AvgIpc) is 3.27. The summed E-state index contributed by atoms with van der Waals surface area (Å²) in [6.45, 7) is 8.40. The van der Waals surface area contributed by atoms with Gasteiger partial charge in [-0.05, 0) is 113 Å². The molecule has 1 amide bonds. The van der Waals surface area contributed by atoms with Gasteiger partial charge >= 0.3 is 0 Å². The number of thiazole rings is 1. The van der Waals surface area contributed by atoms with E-state index in [1.165, 1.54) is 11.3 Å². The number of allylic oxidation sites excluding steroid dienone is 1. The van der Waals surface area contributed by atoms with Crippen molar-refractivity contribution in [2.24, 2.45) is 4.99 Å².